The largest absolute Gasteiger partial charge is 0.497 e. The van der Waals surface area contributed by atoms with Gasteiger partial charge in [-0.25, -0.2) is 9.37 Å². The number of thioether (sulfide) groups is 1. The highest BCUT2D eigenvalue weighted by molar-refractivity contribution is 7.99. The van der Waals surface area contributed by atoms with Crippen LogP contribution >= 0.6 is 11.8 Å². The van der Waals surface area contributed by atoms with Crippen molar-refractivity contribution < 1.29 is 13.9 Å². The Morgan fingerprint density at radius 1 is 1.24 bits per heavy atom. The van der Waals surface area contributed by atoms with Gasteiger partial charge in [-0.05, 0) is 42.8 Å². The van der Waals surface area contributed by atoms with E-state index in [1.165, 1.54) is 23.9 Å². The fourth-order valence-electron chi connectivity index (χ4n) is 2.44. The second-order valence-corrected chi connectivity index (χ2v) is 6.47. The van der Waals surface area contributed by atoms with Gasteiger partial charge in [-0.2, -0.15) is 0 Å². The predicted molar refractivity (Wildman–Crippen MR) is 98.8 cm³/mol. The van der Waals surface area contributed by atoms with Crippen LogP contribution in [-0.2, 0) is 4.79 Å². The SMILES string of the molecule is COc1ccc2c(C)cc(SCC(=O)Nc3ccccc3F)nc2c1. The summed E-state index contributed by atoms with van der Waals surface area (Å²) in [5.74, 6) is 0.155. The number of nitrogens with zero attached hydrogens (tertiary/aromatic N) is 1. The molecular formula is C19H17FN2O2S. The third-order valence-electron chi connectivity index (χ3n) is 3.70. The van der Waals surface area contributed by atoms with Crippen LogP contribution in [0.25, 0.3) is 10.9 Å². The summed E-state index contributed by atoms with van der Waals surface area (Å²) in [6.45, 7) is 2.00. The molecule has 6 heteroatoms. The van der Waals surface area contributed by atoms with Crippen LogP contribution in [0.15, 0.2) is 53.6 Å². The fraction of sp³-hybridized carbons (Fsp3) is 0.158. The Morgan fingerprint density at radius 2 is 2.04 bits per heavy atom. The maximum Gasteiger partial charge on any atom is 0.234 e. The normalized spacial score (nSPS) is 10.7. The molecule has 0 unspecified atom stereocenters. The second kappa shape index (κ2) is 7.53. The van der Waals surface area contributed by atoms with E-state index in [4.69, 9.17) is 4.74 Å². The molecule has 0 saturated carbocycles. The fourth-order valence-corrected chi connectivity index (χ4v) is 3.21. The first-order valence-corrected chi connectivity index (χ1v) is 8.68. The van der Waals surface area contributed by atoms with Gasteiger partial charge in [0.2, 0.25) is 5.91 Å². The summed E-state index contributed by atoms with van der Waals surface area (Å²) in [6.07, 6.45) is 0. The molecule has 0 aliphatic carbocycles. The number of amides is 1. The standard InChI is InChI=1S/C19H17FN2O2S/c1-12-9-19(22-17-10-13(24-2)7-8-14(12)17)25-11-18(23)21-16-6-4-3-5-15(16)20/h3-10H,11H2,1-2H3,(H,21,23). The highest BCUT2D eigenvalue weighted by Gasteiger charge is 2.09. The van der Waals surface area contributed by atoms with Crippen LogP contribution in [0.3, 0.4) is 0 Å². The summed E-state index contributed by atoms with van der Waals surface area (Å²) in [4.78, 5) is 16.6. The Labute approximate surface area is 149 Å². The van der Waals surface area contributed by atoms with Gasteiger partial charge in [-0.3, -0.25) is 4.79 Å². The number of fused-ring (bicyclic) bond motifs is 1. The molecule has 0 aliphatic rings. The molecule has 4 nitrogen and oxygen atoms in total. The zero-order valence-corrected chi connectivity index (χ0v) is 14.7. The molecule has 1 aromatic heterocycles. The number of nitrogens with one attached hydrogen (secondary N) is 1. The van der Waals surface area contributed by atoms with Crippen LogP contribution in [0, 0.1) is 12.7 Å². The summed E-state index contributed by atoms with van der Waals surface area (Å²) in [7, 11) is 1.61. The van der Waals surface area contributed by atoms with Gasteiger partial charge in [0, 0.05) is 11.5 Å². The van der Waals surface area contributed by atoms with Crippen LogP contribution in [0.2, 0.25) is 0 Å². The molecule has 1 N–H and O–H groups in total. The molecular weight excluding hydrogens is 339 g/mol. The van der Waals surface area contributed by atoms with Crippen LogP contribution in [0.5, 0.6) is 5.75 Å². The van der Waals surface area contributed by atoms with Crippen LogP contribution < -0.4 is 10.1 Å². The molecule has 0 aliphatic heterocycles. The van der Waals surface area contributed by atoms with E-state index in [2.05, 4.69) is 10.3 Å². The van der Waals surface area contributed by atoms with Crippen molar-refractivity contribution in [2.24, 2.45) is 0 Å². The lowest BCUT2D eigenvalue weighted by Gasteiger charge is -2.09. The van der Waals surface area contributed by atoms with Crippen LogP contribution in [-0.4, -0.2) is 23.8 Å². The summed E-state index contributed by atoms with van der Waals surface area (Å²) in [6, 6.07) is 13.8. The van der Waals surface area contributed by atoms with Crippen molar-refractivity contribution >= 4 is 34.3 Å². The number of carbonyl (C=O) groups is 1. The molecule has 1 amide bonds. The van der Waals surface area contributed by atoms with Crippen molar-refractivity contribution in [3.63, 3.8) is 0 Å². The van der Waals surface area contributed by atoms with Crippen LogP contribution in [0.4, 0.5) is 10.1 Å². The molecule has 1 heterocycles. The van der Waals surface area contributed by atoms with Gasteiger partial charge < -0.3 is 10.1 Å². The van der Waals surface area contributed by atoms with Crippen LogP contribution in [0.1, 0.15) is 5.56 Å². The molecule has 3 aromatic rings. The topological polar surface area (TPSA) is 51.2 Å². The van der Waals surface area contributed by atoms with Gasteiger partial charge in [-0.15, -0.1) is 0 Å². The smallest absolute Gasteiger partial charge is 0.234 e. The number of pyridine rings is 1. The zero-order chi connectivity index (χ0) is 17.8. The van der Waals surface area contributed by atoms with Crippen molar-refractivity contribution in [3.05, 3.63) is 59.9 Å². The van der Waals surface area contributed by atoms with Gasteiger partial charge >= 0.3 is 0 Å². The minimum Gasteiger partial charge on any atom is -0.497 e. The Kier molecular flexibility index (Phi) is 5.19. The van der Waals surface area contributed by atoms with E-state index in [-0.39, 0.29) is 17.3 Å². The summed E-state index contributed by atoms with van der Waals surface area (Å²) >= 11 is 1.31. The van der Waals surface area contributed by atoms with Crippen molar-refractivity contribution in [3.8, 4) is 5.75 Å². The first-order valence-electron chi connectivity index (χ1n) is 7.69. The Bertz CT molecular complexity index is 930. The third-order valence-corrected chi connectivity index (χ3v) is 4.61. The maximum absolute atomic E-state index is 13.6. The van der Waals surface area contributed by atoms with E-state index >= 15 is 0 Å². The number of rotatable bonds is 5. The molecule has 0 saturated heterocycles. The first kappa shape index (κ1) is 17.2. The van der Waals surface area contributed by atoms with Gasteiger partial charge in [0.1, 0.15) is 11.6 Å². The lowest BCUT2D eigenvalue weighted by molar-refractivity contribution is -0.113. The number of halogens is 1. The monoisotopic (exact) mass is 356 g/mol. The predicted octanol–water partition coefficient (Wildman–Crippen LogP) is 4.42. The quantitative estimate of drug-likeness (QED) is 0.688. The lowest BCUT2D eigenvalue weighted by atomic mass is 10.1. The molecule has 0 atom stereocenters. The third kappa shape index (κ3) is 4.09. The number of anilines is 1. The number of carbonyl (C=O) groups excluding carboxylic acids is 1. The second-order valence-electron chi connectivity index (χ2n) is 5.48. The highest BCUT2D eigenvalue weighted by Crippen LogP contribution is 2.26. The first-order chi connectivity index (χ1) is 12.1. The Hall–Kier alpha value is -2.60. The molecule has 25 heavy (non-hydrogen) atoms. The minimum atomic E-state index is -0.451. The van der Waals surface area contributed by atoms with E-state index in [1.807, 2.05) is 31.2 Å². The van der Waals surface area contributed by atoms with E-state index in [9.17, 15) is 9.18 Å². The molecule has 2 aromatic carbocycles. The average Bonchev–Trinajstić information content (AvgIpc) is 2.61. The number of benzene rings is 2. The van der Waals surface area contributed by atoms with Crippen molar-refractivity contribution in [2.75, 3.05) is 18.2 Å². The molecule has 128 valence electrons. The maximum atomic E-state index is 13.6. The number of hydrogen-bond donors (Lipinski definition) is 1. The number of ether oxygens (including phenoxy) is 1. The van der Waals surface area contributed by atoms with Gasteiger partial charge in [-0.1, -0.05) is 23.9 Å². The molecule has 0 radical (unpaired) electrons. The number of hydrogen-bond acceptors (Lipinski definition) is 4. The zero-order valence-electron chi connectivity index (χ0n) is 13.9. The average molecular weight is 356 g/mol. The summed E-state index contributed by atoms with van der Waals surface area (Å²) in [5, 5.41) is 4.35. The van der Waals surface area contributed by atoms with Gasteiger partial charge in [0.25, 0.3) is 0 Å². The van der Waals surface area contributed by atoms with Gasteiger partial charge in [0.05, 0.1) is 29.1 Å². The molecule has 3 rings (SSSR count). The van der Waals surface area contributed by atoms with E-state index in [0.29, 0.717) is 0 Å². The Balaban J connectivity index is 1.72. The summed E-state index contributed by atoms with van der Waals surface area (Å²) in [5.41, 5.74) is 2.07. The lowest BCUT2D eigenvalue weighted by Crippen LogP contribution is -2.15. The molecule has 0 spiro atoms. The van der Waals surface area contributed by atoms with Crippen molar-refractivity contribution in [1.82, 2.24) is 4.98 Å². The number of aromatic nitrogens is 1. The van der Waals surface area contributed by atoms with Crippen molar-refractivity contribution in [1.29, 1.82) is 0 Å². The number of methoxy groups -OCH3 is 1. The minimum absolute atomic E-state index is 0.149. The van der Waals surface area contributed by atoms with E-state index in [1.54, 1.807) is 19.2 Å². The van der Waals surface area contributed by atoms with Gasteiger partial charge in [0.15, 0.2) is 0 Å². The summed E-state index contributed by atoms with van der Waals surface area (Å²) < 4.78 is 18.8. The van der Waals surface area contributed by atoms with E-state index in [0.717, 1.165) is 27.2 Å². The van der Waals surface area contributed by atoms with Crippen molar-refractivity contribution in [2.45, 2.75) is 11.9 Å². The highest BCUT2D eigenvalue weighted by atomic mass is 32.2. The van der Waals surface area contributed by atoms with E-state index < -0.39 is 5.82 Å². The Morgan fingerprint density at radius 3 is 2.80 bits per heavy atom. The number of aryl methyl sites for hydroxylation is 1. The molecule has 0 fully saturated rings. The molecule has 0 bridgehead atoms. The number of para-hydroxylation sites is 1.